The first kappa shape index (κ1) is 14.6. The maximum Gasteiger partial charge on any atom is 0.227 e. The molecule has 3 rings (SSSR count). The fourth-order valence-electron chi connectivity index (χ4n) is 2.39. The molecule has 1 aliphatic heterocycles. The van der Waals surface area contributed by atoms with Crippen LogP contribution in [0.1, 0.15) is 19.2 Å². The number of carbonyl (C=O) groups is 1. The molecule has 0 aromatic carbocycles. The van der Waals surface area contributed by atoms with Gasteiger partial charge in [0.15, 0.2) is 0 Å². The molecule has 1 fully saturated rings. The predicted molar refractivity (Wildman–Crippen MR) is 77.8 cm³/mol. The lowest BCUT2D eigenvalue weighted by atomic mass is 10.2. The van der Waals surface area contributed by atoms with Crippen LogP contribution in [0, 0.1) is 0 Å². The third-order valence-corrected chi connectivity index (χ3v) is 3.55. The highest BCUT2D eigenvalue weighted by Crippen LogP contribution is 2.15. The van der Waals surface area contributed by atoms with Crippen LogP contribution in [-0.4, -0.2) is 51.7 Å². The average Bonchev–Trinajstić information content (AvgIpc) is 3.02. The van der Waals surface area contributed by atoms with Gasteiger partial charge in [-0.15, -0.1) is 0 Å². The monoisotopic (exact) mass is 302 g/mol. The molecule has 1 aliphatic rings. The molecule has 0 N–H and O–H groups in total. The number of carbonyl (C=O) groups excluding carboxylic acids is 1. The number of nitrogens with zero attached hydrogens (tertiary/aromatic N) is 4. The first-order chi connectivity index (χ1) is 10.7. The van der Waals surface area contributed by atoms with Gasteiger partial charge in [-0.05, 0) is 19.1 Å². The number of amides is 1. The normalized spacial score (nSPS) is 18.4. The molecular formula is C15H18N4O3. The van der Waals surface area contributed by atoms with Gasteiger partial charge in [-0.1, -0.05) is 5.16 Å². The van der Waals surface area contributed by atoms with E-state index in [0.717, 1.165) is 5.56 Å². The molecule has 22 heavy (non-hydrogen) atoms. The summed E-state index contributed by atoms with van der Waals surface area (Å²) in [7, 11) is 0. The Balaban J connectivity index is 1.56. The zero-order chi connectivity index (χ0) is 15.4. The molecule has 7 nitrogen and oxygen atoms in total. The van der Waals surface area contributed by atoms with Crippen molar-refractivity contribution in [2.24, 2.45) is 0 Å². The summed E-state index contributed by atoms with van der Waals surface area (Å²) in [5.74, 6) is 1.09. The number of aromatic nitrogens is 3. The molecule has 3 heterocycles. The van der Waals surface area contributed by atoms with Gasteiger partial charge >= 0.3 is 0 Å². The Hall–Kier alpha value is -2.28. The Bertz CT molecular complexity index is 629. The van der Waals surface area contributed by atoms with E-state index in [4.69, 9.17) is 9.26 Å². The summed E-state index contributed by atoms with van der Waals surface area (Å²) in [5.41, 5.74) is 0.846. The van der Waals surface area contributed by atoms with Crippen LogP contribution in [0.3, 0.4) is 0 Å². The minimum atomic E-state index is 0.0961. The Labute approximate surface area is 128 Å². The van der Waals surface area contributed by atoms with E-state index in [1.807, 2.05) is 24.0 Å². The van der Waals surface area contributed by atoms with Crippen LogP contribution in [0.25, 0.3) is 11.4 Å². The number of pyridine rings is 1. The number of ether oxygens (including phenoxy) is 1. The van der Waals surface area contributed by atoms with Crippen LogP contribution in [-0.2, 0) is 16.0 Å². The summed E-state index contributed by atoms with van der Waals surface area (Å²) in [6, 6.07) is 3.63. The van der Waals surface area contributed by atoms with E-state index in [-0.39, 0.29) is 12.0 Å². The molecule has 0 unspecified atom stereocenters. The lowest BCUT2D eigenvalue weighted by Gasteiger charge is -2.31. The molecule has 0 radical (unpaired) electrons. The number of morpholine rings is 1. The zero-order valence-electron chi connectivity index (χ0n) is 12.4. The van der Waals surface area contributed by atoms with Gasteiger partial charge in [0.1, 0.15) is 0 Å². The Morgan fingerprint density at radius 1 is 1.41 bits per heavy atom. The first-order valence-electron chi connectivity index (χ1n) is 7.35. The van der Waals surface area contributed by atoms with Crippen LogP contribution < -0.4 is 0 Å². The third-order valence-electron chi connectivity index (χ3n) is 3.55. The van der Waals surface area contributed by atoms with Gasteiger partial charge in [0.2, 0.25) is 17.6 Å². The second-order valence-electron chi connectivity index (χ2n) is 5.27. The molecule has 0 aliphatic carbocycles. The van der Waals surface area contributed by atoms with Crippen LogP contribution in [0.15, 0.2) is 29.0 Å². The quantitative estimate of drug-likeness (QED) is 0.847. The molecule has 1 saturated heterocycles. The highest BCUT2D eigenvalue weighted by Gasteiger charge is 2.21. The van der Waals surface area contributed by atoms with Crippen molar-refractivity contribution in [1.29, 1.82) is 0 Å². The van der Waals surface area contributed by atoms with Crippen molar-refractivity contribution >= 4 is 5.91 Å². The highest BCUT2D eigenvalue weighted by atomic mass is 16.5. The van der Waals surface area contributed by atoms with Gasteiger partial charge < -0.3 is 14.2 Å². The Morgan fingerprint density at radius 2 is 2.23 bits per heavy atom. The smallest absolute Gasteiger partial charge is 0.227 e. The average molecular weight is 302 g/mol. The van der Waals surface area contributed by atoms with Gasteiger partial charge in [-0.25, -0.2) is 0 Å². The fraction of sp³-hybridized carbons (Fsp3) is 0.467. The van der Waals surface area contributed by atoms with E-state index < -0.39 is 0 Å². The Kier molecular flexibility index (Phi) is 4.43. The van der Waals surface area contributed by atoms with Gasteiger partial charge in [0.05, 0.1) is 12.7 Å². The summed E-state index contributed by atoms with van der Waals surface area (Å²) in [6.07, 6.45) is 4.26. The number of aryl methyl sites for hydroxylation is 1. The van der Waals surface area contributed by atoms with Gasteiger partial charge in [-0.3, -0.25) is 9.78 Å². The summed E-state index contributed by atoms with van der Waals surface area (Å²) in [5, 5.41) is 3.93. The highest BCUT2D eigenvalue weighted by molar-refractivity contribution is 5.76. The van der Waals surface area contributed by atoms with Crippen LogP contribution in [0.2, 0.25) is 0 Å². The zero-order valence-corrected chi connectivity index (χ0v) is 12.4. The van der Waals surface area contributed by atoms with Gasteiger partial charge in [-0.2, -0.15) is 4.98 Å². The van der Waals surface area contributed by atoms with E-state index in [1.54, 1.807) is 12.4 Å². The predicted octanol–water partition coefficient (Wildman–Crippen LogP) is 1.31. The van der Waals surface area contributed by atoms with Crippen molar-refractivity contribution in [2.45, 2.75) is 25.9 Å². The minimum absolute atomic E-state index is 0.0961. The number of rotatable bonds is 4. The second-order valence-corrected chi connectivity index (χ2v) is 5.27. The Morgan fingerprint density at radius 3 is 3.00 bits per heavy atom. The van der Waals surface area contributed by atoms with E-state index in [0.29, 0.717) is 44.3 Å². The second kappa shape index (κ2) is 6.65. The minimum Gasteiger partial charge on any atom is -0.375 e. The molecule has 116 valence electrons. The first-order valence-corrected chi connectivity index (χ1v) is 7.35. The standard InChI is InChI=1S/C15H18N4O3/c1-11-10-19(8-9-21-11)14(20)3-2-13-17-15(18-22-13)12-4-6-16-7-5-12/h4-7,11H,2-3,8-10H2,1H3/t11-/m0/s1. The summed E-state index contributed by atoms with van der Waals surface area (Å²) < 4.78 is 10.6. The lowest BCUT2D eigenvalue weighted by Crippen LogP contribution is -2.44. The van der Waals surface area contributed by atoms with Crippen LogP contribution in [0.4, 0.5) is 0 Å². The van der Waals surface area contributed by atoms with E-state index in [1.165, 1.54) is 0 Å². The maximum atomic E-state index is 12.2. The van der Waals surface area contributed by atoms with Crippen molar-refractivity contribution < 1.29 is 14.1 Å². The van der Waals surface area contributed by atoms with Crippen LogP contribution in [0.5, 0.6) is 0 Å². The van der Waals surface area contributed by atoms with E-state index in [2.05, 4.69) is 15.1 Å². The van der Waals surface area contributed by atoms with E-state index >= 15 is 0 Å². The van der Waals surface area contributed by atoms with Crippen molar-refractivity contribution in [3.05, 3.63) is 30.4 Å². The third kappa shape index (κ3) is 3.48. The molecule has 2 aromatic rings. The summed E-state index contributed by atoms with van der Waals surface area (Å²) in [6.45, 7) is 3.86. The SMILES string of the molecule is C[C@H]1CN(C(=O)CCc2nc(-c3ccncc3)no2)CCO1. The van der Waals surface area contributed by atoms with Crippen molar-refractivity contribution in [3.8, 4) is 11.4 Å². The van der Waals surface area contributed by atoms with Gasteiger partial charge in [0, 0.05) is 43.9 Å². The van der Waals surface area contributed by atoms with Crippen molar-refractivity contribution in [1.82, 2.24) is 20.0 Å². The number of hydrogen-bond acceptors (Lipinski definition) is 6. The maximum absolute atomic E-state index is 12.2. The molecule has 7 heteroatoms. The molecular weight excluding hydrogens is 284 g/mol. The topological polar surface area (TPSA) is 81.4 Å². The number of hydrogen-bond donors (Lipinski definition) is 0. The van der Waals surface area contributed by atoms with E-state index in [9.17, 15) is 4.79 Å². The summed E-state index contributed by atoms with van der Waals surface area (Å²) >= 11 is 0. The molecule has 0 spiro atoms. The van der Waals surface area contributed by atoms with Crippen molar-refractivity contribution in [2.75, 3.05) is 19.7 Å². The summed E-state index contributed by atoms with van der Waals surface area (Å²) in [4.78, 5) is 22.3. The molecule has 1 atom stereocenters. The van der Waals surface area contributed by atoms with Gasteiger partial charge in [0.25, 0.3) is 0 Å². The largest absolute Gasteiger partial charge is 0.375 e. The molecule has 2 aromatic heterocycles. The molecule has 0 saturated carbocycles. The molecule has 1 amide bonds. The van der Waals surface area contributed by atoms with Crippen molar-refractivity contribution in [3.63, 3.8) is 0 Å². The lowest BCUT2D eigenvalue weighted by molar-refractivity contribution is -0.138. The fourth-order valence-corrected chi connectivity index (χ4v) is 2.39. The van der Waals surface area contributed by atoms with Crippen LogP contribution >= 0.6 is 0 Å². The molecule has 0 bridgehead atoms.